The molecule has 1 aromatic carbocycles. The summed E-state index contributed by atoms with van der Waals surface area (Å²) in [5.74, 6) is 0. The number of para-hydroxylation sites is 2. The van der Waals surface area contributed by atoms with Crippen LogP contribution >= 0.6 is 0 Å². The van der Waals surface area contributed by atoms with E-state index in [0.29, 0.717) is 5.65 Å². The largest absolute Gasteiger partial charge is 0.368 e. The third-order valence-corrected chi connectivity index (χ3v) is 3.28. The number of aryl methyl sites for hydroxylation is 2. The van der Waals surface area contributed by atoms with Crippen LogP contribution in [0.25, 0.3) is 22.3 Å². The standard InChI is InChI=1S/C14H15N4/c1-4-12-9(2)15-13-14(18(12)3)17-11-8-6-5-7-10(11)16-13/h5-8H,4H2,1-3H3/q+1. The van der Waals surface area contributed by atoms with Crippen molar-refractivity contribution in [1.29, 1.82) is 0 Å². The quantitative estimate of drug-likeness (QED) is 0.481. The predicted octanol–water partition coefficient (Wildman–Crippen LogP) is 1.87. The SMILES string of the molecule is CCc1c(C)nc2nc3ccccc3nc2[n+]1C. The molecule has 0 fully saturated rings. The van der Waals surface area contributed by atoms with Gasteiger partial charge in [-0.2, -0.15) is 0 Å². The molecule has 90 valence electrons. The molecule has 0 N–H and O–H groups in total. The summed E-state index contributed by atoms with van der Waals surface area (Å²) < 4.78 is 2.09. The maximum Gasteiger partial charge on any atom is 0.368 e. The fourth-order valence-corrected chi connectivity index (χ4v) is 2.37. The zero-order chi connectivity index (χ0) is 12.7. The Morgan fingerprint density at radius 3 is 2.39 bits per heavy atom. The topological polar surface area (TPSA) is 42.6 Å². The fourth-order valence-electron chi connectivity index (χ4n) is 2.37. The molecule has 0 radical (unpaired) electrons. The van der Waals surface area contributed by atoms with Crippen LogP contribution in [0.1, 0.15) is 18.3 Å². The molecule has 3 rings (SSSR count). The molecule has 0 aliphatic carbocycles. The Morgan fingerprint density at radius 2 is 1.72 bits per heavy atom. The van der Waals surface area contributed by atoms with Crippen molar-refractivity contribution in [2.75, 3.05) is 0 Å². The monoisotopic (exact) mass is 239 g/mol. The van der Waals surface area contributed by atoms with Crippen molar-refractivity contribution in [1.82, 2.24) is 15.0 Å². The van der Waals surface area contributed by atoms with E-state index in [0.717, 1.165) is 28.8 Å². The summed E-state index contributed by atoms with van der Waals surface area (Å²) in [6.07, 6.45) is 0.944. The van der Waals surface area contributed by atoms with E-state index in [1.807, 2.05) is 38.2 Å². The van der Waals surface area contributed by atoms with Gasteiger partial charge >= 0.3 is 5.65 Å². The second-order valence-corrected chi connectivity index (χ2v) is 4.42. The predicted molar refractivity (Wildman–Crippen MR) is 70.1 cm³/mol. The summed E-state index contributed by atoms with van der Waals surface area (Å²) in [5.41, 5.74) is 5.58. The highest BCUT2D eigenvalue weighted by atomic mass is 15.1. The number of benzene rings is 1. The van der Waals surface area contributed by atoms with Crippen LogP contribution in [0.15, 0.2) is 24.3 Å². The van der Waals surface area contributed by atoms with Crippen molar-refractivity contribution in [2.24, 2.45) is 7.05 Å². The minimum Gasteiger partial charge on any atom is -0.226 e. The summed E-state index contributed by atoms with van der Waals surface area (Å²) >= 11 is 0. The molecule has 4 heteroatoms. The molecule has 0 atom stereocenters. The fraction of sp³-hybridized carbons (Fsp3) is 0.286. The van der Waals surface area contributed by atoms with Gasteiger partial charge in [0.2, 0.25) is 11.2 Å². The zero-order valence-corrected chi connectivity index (χ0v) is 10.8. The highest BCUT2D eigenvalue weighted by molar-refractivity contribution is 5.81. The lowest BCUT2D eigenvalue weighted by Crippen LogP contribution is -2.37. The maximum atomic E-state index is 4.66. The Hall–Kier alpha value is -2.10. The molecule has 3 aromatic rings. The first-order valence-corrected chi connectivity index (χ1v) is 6.12. The van der Waals surface area contributed by atoms with Crippen LogP contribution in [-0.2, 0) is 13.5 Å². The van der Waals surface area contributed by atoms with E-state index < -0.39 is 0 Å². The van der Waals surface area contributed by atoms with E-state index in [1.54, 1.807) is 0 Å². The molecule has 0 spiro atoms. The van der Waals surface area contributed by atoms with Crippen LogP contribution in [0, 0.1) is 6.92 Å². The van der Waals surface area contributed by atoms with Crippen LogP contribution in [0.4, 0.5) is 0 Å². The van der Waals surface area contributed by atoms with Crippen LogP contribution in [0.2, 0.25) is 0 Å². The number of hydrogen-bond donors (Lipinski definition) is 0. The Morgan fingerprint density at radius 1 is 1.06 bits per heavy atom. The first-order chi connectivity index (χ1) is 8.70. The summed E-state index contributed by atoms with van der Waals surface area (Å²) in [5, 5.41) is 0. The Bertz CT molecular complexity index is 749. The van der Waals surface area contributed by atoms with Gasteiger partial charge in [-0.05, 0) is 24.0 Å². The second kappa shape index (κ2) is 3.98. The number of rotatable bonds is 1. The Balaban J connectivity index is 2.47. The molecular weight excluding hydrogens is 224 g/mol. The van der Waals surface area contributed by atoms with Gasteiger partial charge < -0.3 is 0 Å². The van der Waals surface area contributed by atoms with Gasteiger partial charge in [0.25, 0.3) is 0 Å². The minimum absolute atomic E-state index is 0.714. The van der Waals surface area contributed by atoms with E-state index in [2.05, 4.69) is 26.4 Å². The first-order valence-electron chi connectivity index (χ1n) is 6.12. The molecular formula is C14H15N4+. The summed E-state index contributed by atoms with van der Waals surface area (Å²) in [4.78, 5) is 13.8. The molecule has 0 saturated carbocycles. The second-order valence-electron chi connectivity index (χ2n) is 4.42. The van der Waals surface area contributed by atoms with Gasteiger partial charge in [-0.1, -0.05) is 19.1 Å². The average Bonchev–Trinajstić information content (AvgIpc) is 2.37. The lowest BCUT2D eigenvalue weighted by Gasteiger charge is -2.05. The molecule has 0 aliphatic heterocycles. The summed E-state index contributed by atoms with van der Waals surface area (Å²) in [7, 11) is 2.03. The molecule has 0 bridgehead atoms. The van der Waals surface area contributed by atoms with E-state index in [1.165, 1.54) is 5.69 Å². The van der Waals surface area contributed by atoms with E-state index in [4.69, 9.17) is 0 Å². The van der Waals surface area contributed by atoms with Crippen molar-refractivity contribution in [3.8, 4) is 0 Å². The van der Waals surface area contributed by atoms with E-state index >= 15 is 0 Å². The molecule has 0 unspecified atom stereocenters. The van der Waals surface area contributed by atoms with Crippen LogP contribution < -0.4 is 4.57 Å². The van der Waals surface area contributed by atoms with Crippen LogP contribution in [0.5, 0.6) is 0 Å². The minimum atomic E-state index is 0.714. The van der Waals surface area contributed by atoms with Gasteiger partial charge in [0.15, 0.2) is 0 Å². The molecule has 2 aromatic heterocycles. The number of nitrogens with zero attached hydrogens (tertiary/aromatic N) is 4. The number of fused-ring (bicyclic) bond motifs is 2. The molecule has 4 nitrogen and oxygen atoms in total. The van der Waals surface area contributed by atoms with Crippen molar-refractivity contribution in [3.05, 3.63) is 35.7 Å². The third-order valence-electron chi connectivity index (χ3n) is 3.28. The van der Waals surface area contributed by atoms with Crippen molar-refractivity contribution < 1.29 is 4.57 Å². The lowest BCUT2D eigenvalue weighted by molar-refractivity contribution is -0.655. The van der Waals surface area contributed by atoms with Crippen LogP contribution in [-0.4, -0.2) is 15.0 Å². The van der Waals surface area contributed by atoms with Crippen molar-refractivity contribution in [3.63, 3.8) is 0 Å². The lowest BCUT2D eigenvalue weighted by atomic mass is 10.2. The summed E-state index contributed by atoms with van der Waals surface area (Å²) in [6.45, 7) is 4.15. The van der Waals surface area contributed by atoms with Crippen molar-refractivity contribution >= 4 is 22.3 Å². The van der Waals surface area contributed by atoms with Gasteiger partial charge in [0.1, 0.15) is 11.2 Å². The molecule has 0 aliphatic rings. The van der Waals surface area contributed by atoms with Gasteiger partial charge in [-0.25, -0.2) is 14.5 Å². The van der Waals surface area contributed by atoms with Gasteiger partial charge in [-0.3, -0.25) is 0 Å². The van der Waals surface area contributed by atoms with Gasteiger partial charge in [0.05, 0.1) is 12.7 Å². The van der Waals surface area contributed by atoms with Crippen LogP contribution in [0.3, 0.4) is 0 Å². The Labute approximate surface area is 105 Å². The van der Waals surface area contributed by atoms with Crippen molar-refractivity contribution in [2.45, 2.75) is 20.3 Å². The molecule has 2 heterocycles. The highest BCUT2D eigenvalue weighted by Gasteiger charge is 2.18. The first kappa shape index (κ1) is 11.0. The molecule has 0 amide bonds. The third kappa shape index (κ3) is 1.53. The van der Waals surface area contributed by atoms with Gasteiger partial charge in [-0.15, -0.1) is 0 Å². The summed E-state index contributed by atoms with van der Waals surface area (Å²) in [6, 6.07) is 7.89. The number of hydrogen-bond acceptors (Lipinski definition) is 3. The van der Waals surface area contributed by atoms with Gasteiger partial charge in [0, 0.05) is 6.42 Å². The van der Waals surface area contributed by atoms with E-state index in [9.17, 15) is 0 Å². The zero-order valence-electron chi connectivity index (χ0n) is 10.8. The Kier molecular flexibility index (Phi) is 2.44. The maximum absolute atomic E-state index is 4.66. The smallest absolute Gasteiger partial charge is 0.226 e. The molecule has 0 saturated heterocycles. The van der Waals surface area contributed by atoms with E-state index in [-0.39, 0.29) is 0 Å². The number of aromatic nitrogens is 4. The average molecular weight is 239 g/mol. The highest BCUT2D eigenvalue weighted by Crippen LogP contribution is 2.13. The molecule has 18 heavy (non-hydrogen) atoms. The normalized spacial score (nSPS) is 11.3.